The number of nitrogens with one attached hydrogen (secondary N) is 2. The van der Waals surface area contributed by atoms with Crippen molar-refractivity contribution in [1.82, 2.24) is 20.5 Å². The van der Waals surface area contributed by atoms with E-state index in [-0.39, 0.29) is 0 Å². The summed E-state index contributed by atoms with van der Waals surface area (Å²) < 4.78 is 5.65. The molecule has 0 aliphatic carbocycles. The third-order valence-corrected chi connectivity index (χ3v) is 5.43. The van der Waals surface area contributed by atoms with Gasteiger partial charge in [-0.15, -0.1) is 0 Å². The zero-order chi connectivity index (χ0) is 20.6. The number of piperidine rings is 1. The van der Waals surface area contributed by atoms with Gasteiger partial charge in [0.1, 0.15) is 12.0 Å². The highest BCUT2D eigenvalue weighted by Crippen LogP contribution is 2.20. The van der Waals surface area contributed by atoms with Crippen LogP contribution >= 0.6 is 0 Å². The first kappa shape index (κ1) is 21.4. The second-order valence-corrected chi connectivity index (χ2v) is 8.18. The monoisotopic (exact) mass is 397 g/mol. The molecule has 1 fully saturated rings. The Balaban J connectivity index is 1.56. The van der Waals surface area contributed by atoms with E-state index in [2.05, 4.69) is 60.3 Å². The summed E-state index contributed by atoms with van der Waals surface area (Å²) in [7, 11) is 0. The highest BCUT2D eigenvalue weighted by Gasteiger charge is 2.21. The van der Waals surface area contributed by atoms with Gasteiger partial charge in [0.2, 0.25) is 5.89 Å². The average molecular weight is 398 g/mol. The molecule has 1 aliphatic heterocycles. The molecule has 1 aromatic heterocycles. The second kappa shape index (κ2) is 10.4. The van der Waals surface area contributed by atoms with Crippen LogP contribution in [0.3, 0.4) is 0 Å². The number of aromatic nitrogens is 1. The van der Waals surface area contributed by atoms with Crippen molar-refractivity contribution >= 4 is 5.96 Å². The molecule has 0 bridgehead atoms. The summed E-state index contributed by atoms with van der Waals surface area (Å²) in [6.07, 6.45) is 4.25. The van der Waals surface area contributed by atoms with Crippen molar-refractivity contribution in [2.75, 3.05) is 26.2 Å². The van der Waals surface area contributed by atoms with Gasteiger partial charge in [-0.1, -0.05) is 17.7 Å². The number of hydrogen-bond acceptors (Lipinski definition) is 4. The van der Waals surface area contributed by atoms with Crippen LogP contribution in [0.25, 0.3) is 11.5 Å². The zero-order valence-corrected chi connectivity index (χ0v) is 18.2. The summed E-state index contributed by atoms with van der Waals surface area (Å²) in [5.74, 6) is 2.15. The molecular weight excluding hydrogens is 362 g/mol. The van der Waals surface area contributed by atoms with Gasteiger partial charge in [0, 0.05) is 31.2 Å². The Hall–Kier alpha value is -2.34. The fraction of sp³-hybridized carbons (Fsp3) is 0.565. The molecule has 2 heterocycles. The van der Waals surface area contributed by atoms with Crippen molar-refractivity contribution in [1.29, 1.82) is 0 Å². The molecule has 3 rings (SSSR count). The molecule has 6 heteroatoms. The Morgan fingerprint density at radius 1 is 1.28 bits per heavy atom. The van der Waals surface area contributed by atoms with Crippen molar-refractivity contribution in [2.24, 2.45) is 10.9 Å². The van der Waals surface area contributed by atoms with Crippen molar-refractivity contribution in [2.45, 2.75) is 53.1 Å². The maximum absolute atomic E-state index is 5.65. The fourth-order valence-corrected chi connectivity index (χ4v) is 3.68. The topological polar surface area (TPSA) is 65.7 Å². The van der Waals surface area contributed by atoms with E-state index in [9.17, 15) is 0 Å². The van der Waals surface area contributed by atoms with Crippen LogP contribution < -0.4 is 10.6 Å². The third-order valence-electron chi connectivity index (χ3n) is 5.43. The van der Waals surface area contributed by atoms with Crippen LogP contribution in [0.1, 0.15) is 44.9 Å². The summed E-state index contributed by atoms with van der Waals surface area (Å²) in [4.78, 5) is 11.9. The van der Waals surface area contributed by atoms with Crippen LogP contribution in [0.2, 0.25) is 0 Å². The summed E-state index contributed by atoms with van der Waals surface area (Å²) >= 11 is 0. The first-order valence-electron chi connectivity index (χ1n) is 10.8. The van der Waals surface area contributed by atoms with E-state index >= 15 is 0 Å². The minimum Gasteiger partial charge on any atom is -0.444 e. The lowest BCUT2D eigenvalue weighted by molar-refractivity contribution is 0.141. The number of aryl methyl sites for hydroxylation is 1. The Morgan fingerprint density at radius 2 is 2.07 bits per heavy atom. The van der Waals surface area contributed by atoms with Gasteiger partial charge in [0.25, 0.3) is 0 Å². The Morgan fingerprint density at radius 3 is 2.79 bits per heavy atom. The maximum Gasteiger partial charge on any atom is 0.226 e. The number of aliphatic imine (C=N–C) groups is 1. The molecule has 1 saturated heterocycles. The summed E-state index contributed by atoms with van der Waals surface area (Å²) in [6, 6.07) is 8.82. The quantitative estimate of drug-likeness (QED) is 0.549. The van der Waals surface area contributed by atoms with Crippen molar-refractivity contribution in [3.8, 4) is 11.5 Å². The first-order valence-corrected chi connectivity index (χ1v) is 10.8. The minimum absolute atomic E-state index is 0.494. The van der Waals surface area contributed by atoms with Crippen molar-refractivity contribution in [3.05, 3.63) is 41.8 Å². The van der Waals surface area contributed by atoms with Gasteiger partial charge in [0.05, 0.1) is 6.54 Å². The molecule has 6 nitrogen and oxygen atoms in total. The van der Waals surface area contributed by atoms with Gasteiger partial charge in [-0.05, 0) is 65.1 Å². The molecule has 1 aliphatic rings. The molecule has 0 amide bonds. The van der Waals surface area contributed by atoms with Gasteiger partial charge in [-0.25, -0.2) is 9.98 Å². The molecule has 1 atom stereocenters. The average Bonchev–Trinajstić information content (AvgIpc) is 3.20. The highest BCUT2D eigenvalue weighted by molar-refractivity contribution is 5.79. The highest BCUT2D eigenvalue weighted by atomic mass is 16.3. The van der Waals surface area contributed by atoms with Crippen LogP contribution in [-0.4, -0.2) is 48.1 Å². The van der Waals surface area contributed by atoms with Gasteiger partial charge < -0.3 is 20.0 Å². The molecule has 0 spiro atoms. The maximum atomic E-state index is 5.65. The number of likely N-dealkylation sites (tertiary alicyclic amines) is 1. The zero-order valence-electron chi connectivity index (χ0n) is 18.2. The van der Waals surface area contributed by atoms with Crippen LogP contribution in [0.15, 0.2) is 39.9 Å². The number of hydrogen-bond donors (Lipinski definition) is 2. The normalized spacial score (nSPS) is 18.2. The van der Waals surface area contributed by atoms with Crippen LogP contribution in [0.4, 0.5) is 0 Å². The third kappa shape index (κ3) is 6.32. The molecule has 2 N–H and O–H groups in total. The van der Waals surface area contributed by atoms with Gasteiger partial charge in [0.15, 0.2) is 5.96 Å². The van der Waals surface area contributed by atoms with Crippen LogP contribution in [-0.2, 0) is 6.54 Å². The van der Waals surface area contributed by atoms with Gasteiger partial charge in [-0.2, -0.15) is 0 Å². The van der Waals surface area contributed by atoms with E-state index in [4.69, 9.17) is 9.41 Å². The van der Waals surface area contributed by atoms with Gasteiger partial charge >= 0.3 is 0 Å². The molecule has 158 valence electrons. The SMILES string of the molecule is CCNC(=NCc1coc(-c2ccc(C)cc2)n1)NCC1CCCN(C(C)C)C1. The lowest BCUT2D eigenvalue weighted by atomic mass is 9.97. The number of guanidine groups is 1. The van der Waals surface area contributed by atoms with E-state index in [0.717, 1.165) is 36.9 Å². The Kier molecular flexibility index (Phi) is 7.69. The smallest absolute Gasteiger partial charge is 0.226 e. The largest absolute Gasteiger partial charge is 0.444 e. The van der Waals surface area contributed by atoms with E-state index in [1.807, 2.05) is 12.1 Å². The predicted octanol–water partition coefficient (Wildman–Crippen LogP) is 3.83. The van der Waals surface area contributed by atoms with Crippen molar-refractivity contribution in [3.63, 3.8) is 0 Å². The first-order chi connectivity index (χ1) is 14.0. The standard InChI is InChI=1S/C23H35N5O/c1-5-24-23(25-13-19-7-6-12-28(15-19)17(2)3)26-14-21-16-29-22(27-21)20-10-8-18(4)9-11-20/h8-11,16-17,19H,5-7,12-15H2,1-4H3,(H2,24,25,26). The summed E-state index contributed by atoms with van der Waals surface area (Å²) in [5.41, 5.74) is 3.05. The minimum atomic E-state index is 0.494. The Bertz CT molecular complexity index is 781. The van der Waals surface area contributed by atoms with Crippen molar-refractivity contribution < 1.29 is 4.42 Å². The van der Waals surface area contributed by atoms with E-state index < -0.39 is 0 Å². The Labute approximate surface area is 174 Å². The fourth-order valence-electron chi connectivity index (χ4n) is 3.68. The molecule has 0 radical (unpaired) electrons. The van der Waals surface area contributed by atoms with Crippen LogP contribution in [0.5, 0.6) is 0 Å². The van der Waals surface area contributed by atoms with E-state index in [1.165, 1.54) is 24.9 Å². The number of benzene rings is 1. The second-order valence-electron chi connectivity index (χ2n) is 8.18. The summed E-state index contributed by atoms with van der Waals surface area (Å²) in [6.45, 7) is 13.4. The number of rotatable bonds is 7. The molecule has 1 aromatic carbocycles. The predicted molar refractivity (Wildman–Crippen MR) is 119 cm³/mol. The molecular formula is C23H35N5O. The number of oxazole rings is 1. The van der Waals surface area contributed by atoms with Crippen LogP contribution in [0, 0.1) is 12.8 Å². The lowest BCUT2D eigenvalue weighted by Crippen LogP contribution is -2.46. The molecule has 29 heavy (non-hydrogen) atoms. The lowest BCUT2D eigenvalue weighted by Gasteiger charge is -2.35. The van der Waals surface area contributed by atoms with E-state index in [0.29, 0.717) is 24.4 Å². The molecule has 0 saturated carbocycles. The summed E-state index contributed by atoms with van der Waals surface area (Å²) in [5, 5.41) is 6.86. The van der Waals surface area contributed by atoms with Gasteiger partial charge in [-0.3, -0.25) is 0 Å². The molecule has 2 aromatic rings. The molecule has 1 unspecified atom stereocenters. The number of nitrogens with zero attached hydrogens (tertiary/aromatic N) is 3. The van der Waals surface area contributed by atoms with E-state index in [1.54, 1.807) is 6.26 Å².